The lowest BCUT2D eigenvalue weighted by Crippen LogP contribution is -2.27. The van der Waals surface area contributed by atoms with Crippen molar-refractivity contribution in [2.45, 2.75) is 18.8 Å². The van der Waals surface area contributed by atoms with Crippen LogP contribution < -0.4 is 4.90 Å². The zero-order valence-electron chi connectivity index (χ0n) is 12.7. The molecule has 1 aliphatic carbocycles. The van der Waals surface area contributed by atoms with Crippen LogP contribution in [0.4, 0.5) is 10.5 Å². The molecule has 0 atom stereocenters. The molecule has 1 heterocycles. The summed E-state index contributed by atoms with van der Waals surface area (Å²) >= 11 is 6.01. The number of methoxy groups -OCH3 is 1. The van der Waals surface area contributed by atoms with E-state index in [-0.39, 0.29) is 11.7 Å². The molecule has 0 N–H and O–H groups in total. The molecule has 0 aliphatic heterocycles. The Morgan fingerprint density at radius 1 is 1.35 bits per heavy atom. The van der Waals surface area contributed by atoms with Crippen molar-refractivity contribution in [1.29, 1.82) is 0 Å². The highest BCUT2D eigenvalue weighted by Crippen LogP contribution is 2.42. The fourth-order valence-corrected chi connectivity index (χ4v) is 2.58. The van der Waals surface area contributed by atoms with Gasteiger partial charge in [-0.2, -0.15) is 0 Å². The second-order valence-electron chi connectivity index (χ2n) is 5.40. The fraction of sp³-hybridized carbons (Fsp3) is 0.312. The van der Waals surface area contributed by atoms with Crippen molar-refractivity contribution in [3.63, 3.8) is 0 Å². The van der Waals surface area contributed by atoms with E-state index < -0.39 is 6.09 Å². The number of hydrogen-bond acceptors (Lipinski definition) is 5. The van der Waals surface area contributed by atoms with Crippen LogP contribution in [-0.2, 0) is 4.74 Å². The SMILES string of the molecule is COC(=O)N(C)c1cc(Cl)ccc1C(=O)c1cnoc1C1CC1. The summed E-state index contributed by atoms with van der Waals surface area (Å²) in [4.78, 5) is 25.9. The summed E-state index contributed by atoms with van der Waals surface area (Å²) in [7, 11) is 2.79. The third kappa shape index (κ3) is 2.94. The van der Waals surface area contributed by atoms with Gasteiger partial charge in [0.05, 0.1) is 24.6 Å². The minimum absolute atomic E-state index is 0.254. The monoisotopic (exact) mass is 334 g/mol. The largest absolute Gasteiger partial charge is 0.452 e. The average Bonchev–Trinajstić information content (AvgIpc) is 3.29. The molecule has 0 radical (unpaired) electrons. The van der Waals surface area contributed by atoms with Gasteiger partial charge in [0.1, 0.15) is 0 Å². The van der Waals surface area contributed by atoms with Crippen LogP contribution in [0.2, 0.25) is 5.02 Å². The Bertz CT molecular complexity index is 767. The highest BCUT2D eigenvalue weighted by atomic mass is 35.5. The Hall–Kier alpha value is -2.34. The maximum absolute atomic E-state index is 12.9. The van der Waals surface area contributed by atoms with Gasteiger partial charge in [0, 0.05) is 23.6 Å². The van der Waals surface area contributed by atoms with E-state index in [0.29, 0.717) is 27.6 Å². The minimum atomic E-state index is -0.589. The molecule has 3 rings (SSSR count). The number of aromatic nitrogens is 1. The van der Waals surface area contributed by atoms with E-state index in [9.17, 15) is 9.59 Å². The van der Waals surface area contributed by atoms with Gasteiger partial charge in [-0.05, 0) is 31.0 Å². The van der Waals surface area contributed by atoms with Crippen molar-refractivity contribution < 1.29 is 18.8 Å². The molecule has 120 valence electrons. The summed E-state index contributed by atoms with van der Waals surface area (Å²) in [5, 5.41) is 4.16. The van der Waals surface area contributed by atoms with Gasteiger partial charge in [0.15, 0.2) is 11.5 Å². The summed E-state index contributed by atoms with van der Waals surface area (Å²) in [6, 6.07) is 4.74. The maximum Gasteiger partial charge on any atom is 0.413 e. The average molecular weight is 335 g/mol. The Morgan fingerprint density at radius 2 is 2.09 bits per heavy atom. The molecule has 1 fully saturated rings. The molecule has 23 heavy (non-hydrogen) atoms. The number of carbonyl (C=O) groups excluding carboxylic acids is 2. The zero-order chi connectivity index (χ0) is 16.6. The summed E-state index contributed by atoms with van der Waals surface area (Å²) in [5.41, 5.74) is 1.14. The van der Waals surface area contributed by atoms with Crippen LogP contribution in [0.1, 0.15) is 40.4 Å². The van der Waals surface area contributed by atoms with Gasteiger partial charge < -0.3 is 9.26 Å². The fourth-order valence-electron chi connectivity index (χ4n) is 2.41. The van der Waals surface area contributed by atoms with E-state index in [0.717, 1.165) is 12.8 Å². The molecule has 0 saturated heterocycles. The summed E-state index contributed by atoms with van der Waals surface area (Å²) in [5.74, 6) is 0.609. The Kier molecular flexibility index (Phi) is 4.09. The summed E-state index contributed by atoms with van der Waals surface area (Å²) in [6.07, 6.45) is 2.82. The first-order valence-electron chi connectivity index (χ1n) is 7.13. The third-order valence-corrected chi connectivity index (χ3v) is 4.04. The molecule has 0 unspecified atom stereocenters. The minimum Gasteiger partial charge on any atom is -0.452 e. The van der Waals surface area contributed by atoms with Gasteiger partial charge in [-0.15, -0.1) is 0 Å². The van der Waals surface area contributed by atoms with Crippen LogP contribution in [0, 0.1) is 0 Å². The van der Waals surface area contributed by atoms with Crippen LogP contribution >= 0.6 is 11.6 Å². The quantitative estimate of drug-likeness (QED) is 0.798. The number of amides is 1. The van der Waals surface area contributed by atoms with Crippen LogP contribution in [0.15, 0.2) is 28.9 Å². The number of halogens is 1. The molecule has 1 aromatic heterocycles. The highest BCUT2D eigenvalue weighted by Gasteiger charge is 2.33. The predicted octanol–water partition coefficient (Wildman–Crippen LogP) is 3.64. The number of nitrogens with zero attached hydrogens (tertiary/aromatic N) is 2. The number of ketones is 1. The number of hydrogen-bond donors (Lipinski definition) is 0. The van der Waals surface area contributed by atoms with Crippen molar-refractivity contribution in [3.8, 4) is 0 Å². The topological polar surface area (TPSA) is 72.6 Å². The molecular formula is C16H15ClN2O4. The molecule has 6 nitrogen and oxygen atoms in total. The first-order valence-corrected chi connectivity index (χ1v) is 7.51. The van der Waals surface area contributed by atoms with E-state index in [1.165, 1.54) is 25.3 Å². The van der Waals surface area contributed by atoms with Crippen LogP contribution in [0.25, 0.3) is 0 Å². The van der Waals surface area contributed by atoms with Crippen LogP contribution in [0.3, 0.4) is 0 Å². The number of carbonyl (C=O) groups is 2. The summed E-state index contributed by atoms with van der Waals surface area (Å²) < 4.78 is 9.93. The van der Waals surface area contributed by atoms with Crippen molar-refractivity contribution in [2.24, 2.45) is 0 Å². The standard InChI is InChI=1S/C16H15ClN2O4/c1-19(16(21)22-2)13-7-10(17)5-6-11(13)14(20)12-8-18-23-15(12)9-3-4-9/h5-9H,3-4H2,1-2H3. The maximum atomic E-state index is 12.9. The molecule has 0 spiro atoms. The molecule has 0 bridgehead atoms. The van der Waals surface area contributed by atoms with E-state index in [4.69, 9.17) is 20.9 Å². The van der Waals surface area contributed by atoms with Gasteiger partial charge in [0.25, 0.3) is 0 Å². The van der Waals surface area contributed by atoms with E-state index >= 15 is 0 Å². The number of ether oxygens (including phenoxy) is 1. The first-order chi connectivity index (χ1) is 11.0. The molecule has 1 saturated carbocycles. The van der Waals surface area contributed by atoms with E-state index in [1.54, 1.807) is 18.2 Å². The number of benzene rings is 1. The molecule has 1 amide bonds. The smallest absolute Gasteiger partial charge is 0.413 e. The molecular weight excluding hydrogens is 320 g/mol. The highest BCUT2D eigenvalue weighted by molar-refractivity contribution is 6.31. The van der Waals surface area contributed by atoms with Gasteiger partial charge in [-0.25, -0.2) is 4.79 Å². The Balaban J connectivity index is 2.03. The van der Waals surface area contributed by atoms with Gasteiger partial charge >= 0.3 is 6.09 Å². The number of rotatable bonds is 4. The molecule has 7 heteroatoms. The van der Waals surface area contributed by atoms with E-state index in [2.05, 4.69) is 5.16 Å². The second kappa shape index (κ2) is 6.04. The zero-order valence-corrected chi connectivity index (χ0v) is 13.5. The van der Waals surface area contributed by atoms with Gasteiger partial charge in [-0.1, -0.05) is 16.8 Å². The van der Waals surface area contributed by atoms with Crippen LogP contribution in [-0.4, -0.2) is 31.2 Å². The Labute approximate surface area is 138 Å². The lowest BCUT2D eigenvalue weighted by Gasteiger charge is -2.19. The molecule has 1 aromatic carbocycles. The molecule has 2 aromatic rings. The van der Waals surface area contributed by atoms with Crippen molar-refractivity contribution in [3.05, 3.63) is 46.3 Å². The third-order valence-electron chi connectivity index (χ3n) is 3.81. The molecule has 1 aliphatic rings. The van der Waals surface area contributed by atoms with E-state index in [1.807, 2.05) is 0 Å². The van der Waals surface area contributed by atoms with Crippen LogP contribution in [0.5, 0.6) is 0 Å². The first kappa shape index (κ1) is 15.6. The number of anilines is 1. The summed E-state index contributed by atoms with van der Waals surface area (Å²) in [6.45, 7) is 0. The Morgan fingerprint density at radius 3 is 2.74 bits per heavy atom. The van der Waals surface area contributed by atoms with Gasteiger partial charge in [-0.3, -0.25) is 9.69 Å². The lowest BCUT2D eigenvalue weighted by atomic mass is 10.0. The van der Waals surface area contributed by atoms with Crippen molar-refractivity contribution in [1.82, 2.24) is 5.16 Å². The van der Waals surface area contributed by atoms with Gasteiger partial charge in [0.2, 0.25) is 0 Å². The second-order valence-corrected chi connectivity index (χ2v) is 5.83. The lowest BCUT2D eigenvalue weighted by molar-refractivity contribution is 0.103. The normalized spacial score (nSPS) is 13.7. The van der Waals surface area contributed by atoms with Crippen molar-refractivity contribution in [2.75, 3.05) is 19.1 Å². The predicted molar refractivity (Wildman–Crippen MR) is 84.2 cm³/mol. The van der Waals surface area contributed by atoms with Crippen molar-refractivity contribution >= 4 is 29.2 Å².